The number of fused-ring (bicyclic) bond motifs is 1. The molecular weight excluding hydrogens is 220 g/mol. The molecule has 0 amide bonds. The van der Waals surface area contributed by atoms with E-state index in [0.717, 1.165) is 13.0 Å². The van der Waals surface area contributed by atoms with E-state index >= 15 is 0 Å². The molecule has 2 nitrogen and oxygen atoms in total. The van der Waals surface area contributed by atoms with Crippen molar-refractivity contribution < 1.29 is 0 Å². The molecule has 2 N–H and O–H groups in total. The highest BCUT2D eigenvalue weighted by molar-refractivity contribution is 5.82. The molecule has 1 atom stereocenters. The second kappa shape index (κ2) is 4.38. The third kappa shape index (κ3) is 2.40. The summed E-state index contributed by atoms with van der Waals surface area (Å²) in [6, 6.07) is 15.8. The average Bonchev–Trinajstić information content (AvgIpc) is 2.68. The monoisotopic (exact) mass is 240 g/mol. The third-order valence-corrected chi connectivity index (χ3v) is 3.65. The van der Waals surface area contributed by atoms with Gasteiger partial charge < -0.3 is 0 Å². The molecule has 0 unspecified atom stereocenters. The molecule has 1 fully saturated rings. The topological polar surface area (TPSA) is 24.1 Å². The number of hydrogen-bond acceptors (Lipinski definition) is 2. The van der Waals surface area contributed by atoms with E-state index in [1.54, 1.807) is 0 Å². The van der Waals surface area contributed by atoms with Crippen molar-refractivity contribution in [2.45, 2.75) is 32.0 Å². The van der Waals surface area contributed by atoms with Gasteiger partial charge in [-0.2, -0.15) is 0 Å². The fourth-order valence-corrected chi connectivity index (χ4v) is 2.76. The molecule has 1 saturated heterocycles. The molecule has 2 aromatic rings. The highest BCUT2D eigenvalue weighted by atomic mass is 15.3. The molecule has 0 aromatic heterocycles. The molecule has 0 spiro atoms. The van der Waals surface area contributed by atoms with Crippen LogP contribution in [0.1, 0.15) is 19.4 Å². The van der Waals surface area contributed by atoms with Crippen molar-refractivity contribution in [3.63, 3.8) is 0 Å². The van der Waals surface area contributed by atoms with Crippen LogP contribution in [0.15, 0.2) is 42.5 Å². The fraction of sp³-hybridized carbons (Fsp3) is 0.375. The minimum absolute atomic E-state index is 0.0709. The molecule has 1 aliphatic rings. The Morgan fingerprint density at radius 2 is 1.89 bits per heavy atom. The smallest absolute Gasteiger partial charge is 0.0632 e. The van der Waals surface area contributed by atoms with Crippen LogP contribution in [0.2, 0.25) is 0 Å². The standard InChI is InChI=1S/C16H20N2/c1-16(2)17-11-15(18-16)10-12-7-8-13-5-3-4-6-14(13)9-12/h3-9,15,17-18H,10-11H2,1-2H3/t15-/m0/s1. The number of hydrogen-bond donors (Lipinski definition) is 2. The maximum absolute atomic E-state index is 3.62. The Labute approximate surface area is 108 Å². The van der Waals surface area contributed by atoms with E-state index in [1.807, 2.05) is 0 Å². The van der Waals surface area contributed by atoms with Gasteiger partial charge in [-0.3, -0.25) is 10.6 Å². The van der Waals surface area contributed by atoms with Gasteiger partial charge in [-0.15, -0.1) is 0 Å². The second-order valence-electron chi connectivity index (χ2n) is 5.73. The first kappa shape index (κ1) is 11.7. The van der Waals surface area contributed by atoms with E-state index < -0.39 is 0 Å². The molecule has 3 rings (SSSR count). The average molecular weight is 240 g/mol. The van der Waals surface area contributed by atoms with Gasteiger partial charge in [0.2, 0.25) is 0 Å². The lowest BCUT2D eigenvalue weighted by atomic mass is 10.0. The number of benzene rings is 2. The van der Waals surface area contributed by atoms with Gasteiger partial charge in [0.05, 0.1) is 5.66 Å². The summed E-state index contributed by atoms with van der Waals surface area (Å²) in [4.78, 5) is 0. The Morgan fingerprint density at radius 1 is 1.11 bits per heavy atom. The summed E-state index contributed by atoms with van der Waals surface area (Å²) < 4.78 is 0. The van der Waals surface area contributed by atoms with Crippen molar-refractivity contribution >= 4 is 10.8 Å². The summed E-state index contributed by atoms with van der Waals surface area (Å²) in [5.41, 5.74) is 1.48. The molecule has 18 heavy (non-hydrogen) atoms. The van der Waals surface area contributed by atoms with Gasteiger partial charge in [-0.1, -0.05) is 42.5 Å². The second-order valence-corrected chi connectivity index (χ2v) is 5.73. The van der Waals surface area contributed by atoms with Crippen LogP contribution in [0.4, 0.5) is 0 Å². The van der Waals surface area contributed by atoms with Crippen molar-refractivity contribution in [3.05, 3.63) is 48.0 Å². The lowest BCUT2D eigenvalue weighted by molar-refractivity contribution is 0.392. The molecule has 2 aromatic carbocycles. The van der Waals surface area contributed by atoms with Crippen LogP contribution in [0, 0.1) is 0 Å². The van der Waals surface area contributed by atoms with Crippen molar-refractivity contribution in [1.82, 2.24) is 10.6 Å². The third-order valence-electron chi connectivity index (χ3n) is 3.65. The number of nitrogens with one attached hydrogen (secondary N) is 2. The Kier molecular flexibility index (Phi) is 2.84. The Balaban J connectivity index is 1.79. The van der Waals surface area contributed by atoms with E-state index in [-0.39, 0.29) is 5.66 Å². The fourth-order valence-electron chi connectivity index (χ4n) is 2.76. The van der Waals surface area contributed by atoms with E-state index in [4.69, 9.17) is 0 Å². The van der Waals surface area contributed by atoms with Gasteiger partial charge in [0.25, 0.3) is 0 Å². The van der Waals surface area contributed by atoms with E-state index in [9.17, 15) is 0 Å². The molecule has 1 aliphatic heterocycles. The maximum Gasteiger partial charge on any atom is 0.0632 e. The zero-order valence-electron chi connectivity index (χ0n) is 11.0. The predicted molar refractivity (Wildman–Crippen MR) is 76.7 cm³/mol. The van der Waals surface area contributed by atoms with Gasteiger partial charge in [-0.05, 0) is 36.6 Å². The van der Waals surface area contributed by atoms with Gasteiger partial charge in [0, 0.05) is 12.6 Å². The molecule has 0 saturated carbocycles. The molecule has 1 heterocycles. The molecular formula is C16H20N2. The molecule has 94 valence electrons. The normalized spacial score (nSPS) is 22.4. The zero-order chi connectivity index (χ0) is 12.6. The van der Waals surface area contributed by atoms with Gasteiger partial charge in [0.1, 0.15) is 0 Å². The quantitative estimate of drug-likeness (QED) is 0.843. The maximum atomic E-state index is 3.62. The van der Waals surface area contributed by atoms with Crippen LogP contribution in [0.3, 0.4) is 0 Å². The molecule has 0 bridgehead atoms. The Bertz CT molecular complexity index is 560. The van der Waals surface area contributed by atoms with Gasteiger partial charge >= 0.3 is 0 Å². The minimum Gasteiger partial charge on any atom is -0.298 e. The van der Waals surface area contributed by atoms with Crippen molar-refractivity contribution in [3.8, 4) is 0 Å². The molecule has 0 aliphatic carbocycles. The summed E-state index contributed by atoms with van der Waals surface area (Å²) in [6.45, 7) is 5.42. The first-order valence-electron chi connectivity index (χ1n) is 6.63. The Morgan fingerprint density at radius 3 is 2.61 bits per heavy atom. The Hall–Kier alpha value is -1.38. The largest absolute Gasteiger partial charge is 0.298 e. The van der Waals surface area contributed by atoms with Gasteiger partial charge in [-0.25, -0.2) is 0 Å². The molecule has 2 heteroatoms. The van der Waals surface area contributed by atoms with Crippen molar-refractivity contribution in [1.29, 1.82) is 0 Å². The van der Waals surface area contributed by atoms with Crippen LogP contribution in [-0.2, 0) is 6.42 Å². The summed E-state index contributed by atoms with van der Waals surface area (Å²) in [7, 11) is 0. The molecule has 0 radical (unpaired) electrons. The number of rotatable bonds is 2. The summed E-state index contributed by atoms with van der Waals surface area (Å²) in [5, 5.41) is 9.76. The summed E-state index contributed by atoms with van der Waals surface area (Å²) in [5.74, 6) is 0. The summed E-state index contributed by atoms with van der Waals surface area (Å²) >= 11 is 0. The zero-order valence-corrected chi connectivity index (χ0v) is 11.0. The van der Waals surface area contributed by atoms with E-state index in [1.165, 1.54) is 16.3 Å². The van der Waals surface area contributed by atoms with Gasteiger partial charge in [0.15, 0.2) is 0 Å². The first-order chi connectivity index (χ1) is 8.62. The van der Waals surface area contributed by atoms with E-state index in [0.29, 0.717) is 6.04 Å². The van der Waals surface area contributed by atoms with Crippen LogP contribution >= 0.6 is 0 Å². The lowest BCUT2D eigenvalue weighted by Crippen LogP contribution is -2.44. The first-order valence-corrected chi connectivity index (χ1v) is 6.63. The van der Waals surface area contributed by atoms with Crippen molar-refractivity contribution in [2.75, 3.05) is 6.54 Å². The highest BCUT2D eigenvalue weighted by Gasteiger charge is 2.28. The minimum atomic E-state index is 0.0709. The predicted octanol–water partition coefficient (Wildman–Crippen LogP) is 2.68. The van der Waals surface area contributed by atoms with Crippen LogP contribution in [0.5, 0.6) is 0 Å². The highest BCUT2D eigenvalue weighted by Crippen LogP contribution is 2.18. The van der Waals surface area contributed by atoms with Crippen LogP contribution in [0.25, 0.3) is 10.8 Å². The lowest BCUT2D eigenvalue weighted by Gasteiger charge is -2.19. The summed E-state index contributed by atoms with van der Waals surface area (Å²) in [6.07, 6.45) is 1.08. The van der Waals surface area contributed by atoms with Crippen LogP contribution < -0.4 is 10.6 Å². The van der Waals surface area contributed by atoms with E-state index in [2.05, 4.69) is 66.9 Å². The van der Waals surface area contributed by atoms with Crippen LogP contribution in [-0.4, -0.2) is 18.2 Å². The SMILES string of the molecule is CC1(C)NC[C@H](Cc2ccc3ccccc3c2)N1. The van der Waals surface area contributed by atoms with Crippen molar-refractivity contribution in [2.24, 2.45) is 0 Å².